The molecule has 2 aliphatic rings. The van der Waals surface area contributed by atoms with E-state index in [0.29, 0.717) is 18.8 Å². The van der Waals surface area contributed by atoms with Crippen molar-refractivity contribution in [3.8, 4) is 0 Å². The fourth-order valence-corrected chi connectivity index (χ4v) is 4.58. The van der Waals surface area contributed by atoms with Crippen molar-refractivity contribution in [2.75, 3.05) is 31.6 Å². The molecular weight excluding hydrogens is 391 g/mol. The second-order valence-electron chi connectivity index (χ2n) is 7.92. The summed E-state index contributed by atoms with van der Waals surface area (Å²) in [7, 11) is 2.00. The van der Waals surface area contributed by atoms with Gasteiger partial charge < -0.3 is 9.80 Å². The molecule has 2 atom stereocenters. The minimum Gasteiger partial charge on any atom is -0.371 e. The van der Waals surface area contributed by atoms with Crippen molar-refractivity contribution in [3.63, 3.8) is 0 Å². The maximum Gasteiger partial charge on any atom is 0.416 e. The van der Waals surface area contributed by atoms with Crippen LogP contribution in [0.5, 0.6) is 0 Å². The van der Waals surface area contributed by atoms with Crippen LogP contribution in [0.2, 0.25) is 0 Å². The molecule has 8 heteroatoms. The average molecular weight is 418 g/mol. The SMILES string of the molecule is CC1CC(N(C)Cc2ccc(C(F)(F)F)cc2N2CCCC2)CCN1C(=O)Cl. The van der Waals surface area contributed by atoms with Gasteiger partial charge in [0.15, 0.2) is 0 Å². The number of carbonyl (C=O) groups is 1. The zero-order valence-electron chi connectivity index (χ0n) is 16.3. The third-order valence-corrected chi connectivity index (χ3v) is 6.19. The van der Waals surface area contributed by atoms with Crippen LogP contribution < -0.4 is 4.90 Å². The largest absolute Gasteiger partial charge is 0.416 e. The number of rotatable bonds is 4. The highest BCUT2D eigenvalue weighted by molar-refractivity contribution is 6.62. The zero-order valence-corrected chi connectivity index (χ0v) is 17.1. The van der Waals surface area contributed by atoms with Gasteiger partial charge in [0.25, 0.3) is 0 Å². The number of amides is 1. The summed E-state index contributed by atoms with van der Waals surface area (Å²) < 4.78 is 39.6. The molecule has 2 unspecified atom stereocenters. The quantitative estimate of drug-likeness (QED) is 0.512. The molecule has 0 aromatic heterocycles. The van der Waals surface area contributed by atoms with Gasteiger partial charge in [0.05, 0.1) is 5.56 Å². The zero-order chi connectivity index (χ0) is 20.5. The smallest absolute Gasteiger partial charge is 0.371 e. The normalized spacial score (nSPS) is 23.5. The van der Waals surface area contributed by atoms with E-state index in [1.807, 2.05) is 14.0 Å². The number of hydrogen-bond acceptors (Lipinski definition) is 3. The Morgan fingerprint density at radius 1 is 1.25 bits per heavy atom. The van der Waals surface area contributed by atoms with Gasteiger partial charge in [0.1, 0.15) is 0 Å². The topological polar surface area (TPSA) is 26.8 Å². The molecule has 0 bridgehead atoms. The van der Waals surface area contributed by atoms with Gasteiger partial charge >= 0.3 is 11.5 Å². The molecule has 1 aromatic rings. The summed E-state index contributed by atoms with van der Waals surface area (Å²) in [6.07, 6.45) is -0.717. The lowest BCUT2D eigenvalue weighted by Crippen LogP contribution is -2.48. The molecule has 1 amide bonds. The van der Waals surface area contributed by atoms with Crippen LogP contribution >= 0.6 is 11.6 Å². The summed E-state index contributed by atoms with van der Waals surface area (Å²) in [5.74, 6) is 0. The van der Waals surface area contributed by atoms with Gasteiger partial charge in [0, 0.05) is 44.0 Å². The minimum atomic E-state index is -4.34. The second kappa shape index (κ2) is 8.49. The number of piperidine rings is 1. The summed E-state index contributed by atoms with van der Waals surface area (Å²) in [5, 5.41) is -0.423. The summed E-state index contributed by atoms with van der Waals surface area (Å²) >= 11 is 5.63. The molecule has 0 aliphatic carbocycles. The Hall–Kier alpha value is -1.47. The molecule has 2 saturated heterocycles. The number of halogens is 4. The summed E-state index contributed by atoms with van der Waals surface area (Å²) in [6, 6.07) is 4.41. The van der Waals surface area contributed by atoms with Gasteiger partial charge in [0.2, 0.25) is 0 Å². The third-order valence-electron chi connectivity index (χ3n) is 5.98. The molecule has 0 radical (unpaired) electrons. The average Bonchev–Trinajstić information content (AvgIpc) is 3.15. The van der Waals surface area contributed by atoms with Crippen LogP contribution in [0.1, 0.15) is 43.7 Å². The predicted molar refractivity (Wildman–Crippen MR) is 105 cm³/mol. The number of alkyl halides is 3. The molecule has 0 saturated carbocycles. The van der Waals surface area contributed by atoms with E-state index in [2.05, 4.69) is 9.80 Å². The van der Waals surface area contributed by atoms with Gasteiger partial charge in [-0.15, -0.1) is 0 Å². The highest BCUT2D eigenvalue weighted by atomic mass is 35.5. The lowest BCUT2D eigenvalue weighted by molar-refractivity contribution is -0.137. The van der Waals surface area contributed by atoms with Crippen LogP contribution in [0.4, 0.5) is 23.7 Å². The number of hydrogen-bond donors (Lipinski definition) is 0. The van der Waals surface area contributed by atoms with Crippen molar-refractivity contribution in [1.82, 2.24) is 9.80 Å². The first-order valence-corrected chi connectivity index (χ1v) is 10.2. The van der Waals surface area contributed by atoms with Gasteiger partial charge in [-0.05, 0) is 69.0 Å². The van der Waals surface area contributed by atoms with E-state index in [0.717, 1.165) is 44.3 Å². The first-order valence-electron chi connectivity index (χ1n) is 9.78. The van der Waals surface area contributed by atoms with Crippen molar-refractivity contribution >= 4 is 22.7 Å². The first kappa shape index (κ1) is 21.2. The standard InChI is InChI=1S/C20H27ClF3N3O/c1-14-11-17(7-10-27(14)19(21)28)25(2)13-15-5-6-16(20(22,23)24)12-18(15)26-8-3-4-9-26/h5-6,12,14,17H,3-4,7-11,13H2,1-2H3. The Bertz CT molecular complexity index is 706. The van der Waals surface area contributed by atoms with Crippen LogP contribution in [-0.4, -0.2) is 53.9 Å². The van der Waals surface area contributed by atoms with E-state index in [1.165, 1.54) is 12.1 Å². The Kier molecular flexibility index (Phi) is 6.44. The number of anilines is 1. The Balaban J connectivity index is 1.76. The van der Waals surface area contributed by atoms with Crippen LogP contribution in [0, 0.1) is 0 Å². The van der Waals surface area contributed by atoms with Crippen molar-refractivity contribution < 1.29 is 18.0 Å². The Morgan fingerprint density at radius 2 is 1.93 bits per heavy atom. The minimum absolute atomic E-state index is 0.0526. The molecule has 156 valence electrons. The van der Waals surface area contributed by atoms with E-state index in [1.54, 1.807) is 11.0 Å². The molecular formula is C20H27ClF3N3O. The van der Waals surface area contributed by atoms with E-state index in [4.69, 9.17) is 11.6 Å². The summed E-state index contributed by atoms with van der Waals surface area (Å²) in [5.41, 5.74) is 1.02. The molecule has 2 fully saturated rings. The third kappa shape index (κ3) is 4.74. The second-order valence-corrected chi connectivity index (χ2v) is 8.25. The van der Waals surface area contributed by atoms with Gasteiger partial charge in [-0.25, -0.2) is 0 Å². The highest BCUT2D eigenvalue weighted by Gasteiger charge is 2.33. The van der Waals surface area contributed by atoms with Crippen LogP contribution in [0.3, 0.4) is 0 Å². The number of benzene rings is 1. The fraction of sp³-hybridized carbons (Fsp3) is 0.650. The van der Waals surface area contributed by atoms with Crippen molar-refractivity contribution in [2.45, 2.75) is 57.4 Å². The van der Waals surface area contributed by atoms with E-state index >= 15 is 0 Å². The lowest BCUT2D eigenvalue weighted by Gasteiger charge is -2.40. The van der Waals surface area contributed by atoms with Gasteiger partial charge in [-0.3, -0.25) is 9.69 Å². The molecule has 3 rings (SSSR count). The summed E-state index contributed by atoms with van der Waals surface area (Å²) in [4.78, 5) is 17.4. The van der Waals surface area contributed by atoms with Crippen molar-refractivity contribution in [3.05, 3.63) is 29.3 Å². The first-order chi connectivity index (χ1) is 13.2. The molecule has 2 aliphatic heterocycles. The fourth-order valence-electron chi connectivity index (χ4n) is 4.33. The van der Waals surface area contributed by atoms with Crippen LogP contribution in [0.15, 0.2) is 18.2 Å². The number of nitrogens with zero attached hydrogens (tertiary/aromatic N) is 3. The predicted octanol–water partition coefficient (Wildman–Crippen LogP) is 4.95. The lowest BCUT2D eigenvalue weighted by atomic mass is 9.97. The molecule has 4 nitrogen and oxygen atoms in total. The van der Waals surface area contributed by atoms with E-state index in [9.17, 15) is 18.0 Å². The maximum absolute atomic E-state index is 13.2. The van der Waals surface area contributed by atoms with Crippen LogP contribution in [0.25, 0.3) is 0 Å². The van der Waals surface area contributed by atoms with E-state index in [-0.39, 0.29) is 12.1 Å². The van der Waals surface area contributed by atoms with Crippen LogP contribution in [-0.2, 0) is 12.7 Å². The maximum atomic E-state index is 13.2. The monoisotopic (exact) mass is 417 g/mol. The molecule has 0 N–H and O–H groups in total. The molecule has 2 heterocycles. The molecule has 1 aromatic carbocycles. The van der Waals surface area contributed by atoms with Crippen molar-refractivity contribution in [2.24, 2.45) is 0 Å². The van der Waals surface area contributed by atoms with Gasteiger partial charge in [-0.1, -0.05) is 6.07 Å². The molecule has 0 spiro atoms. The highest BCUT2D eigenvalue weighted by Crippen LogP contribution is 2.35. The molecule has 28 heavy (non-hydrogen) atoms. The van der Waals surface area contributed by atoms with Gasteiger partial charge in [-0.2, -0.15) is 13.2 Å². The van der Waals surface area contributed by atoms with Crippen molar-refractivity contribution in [1.29, 1.82) is 0 Å². The van der Waals surface area contributed by atoms with E-state index < -0.39 is 17.1 Å². The number of likely N-dealkylation sites (tertiary alicyclic amines) is 1. The number of carbonyl (C=O) groups excluding carboxylic acids is 1. The Labute approximate surface area is 169 Å². The summed E-state index contributed by atoms with van der Waals surface area (Å²) in [6.45, 7) is 4.76. The Morgan fingerprint density at radius 3 is 2.50 bits per heavy atom.